The van der Waals surface area contributed by atoms with Gasteiger partial charge in [0, 0.05) is 5.02 Å². The number of carbonyl (C=O) groups excluding carboxylic acids is 1. The molecule has 0 aromatic heterocycles. The van der Waals surface area contributed by atoms with Crippen LogP contribution >= 0.6 is 11.6 Å². The second kappa shape index (κ2) is 7.10. The van der Waals surface area contributed by atoms with E-state index in [1.807, 2.05) is 0 Å². The average molecular weight is 346 g/mol. The molecule has 10 heteroatoms. The van der Waals surface area contributed by atoms with Crippen molar-refractivity contribution in [2.75, 3.05) is 13.2 Å². The van der Waals surface area contributed by atoms with E-state index in [2.05, 4.69) is 4.74 Å². The number of carbonyl (C=O) groups is 1. The van der Waals surface area contributed by atoms with Crippen LogP contribution in [0.25, 0.3) is 0 Å². The van der Waals surface area contributed by atoms with Crippen LogP contribution in [0.2, 0.25) is 5.02 Å². The minimum atomic E-state index is -4.49. The maximum Gasteiger partial charge on any atom is 0.411 e. The number of hydrogen-bond acceptors (Lipinski definition) is 4. The van der Waals surface area contributed by atoms with Gasteiger partial charge < -0.3 is 4.74 Å². The number of halogens is 4. The van der Waals surface area contributed by atoms with E-state index in [0.717, 1.165) is 0 Å². The molecule has 0 saturated carbocycles. The summed E-state index contributed by atoms with van der Waals surface area (Å²) in [5.41, 5.74) is 0. The average Bonchev–Trinajstić information content (AvgIpc) is 2.33. The van der Waals surface area contributed by atoms with E-state index in [1.54, 1.807) is 4.72 Å². The Kier molecular flexibility index (Phi) is 5.99. The van der Waals surface area contributed by atoms with Crippen molar-refractivity contribution >= 4 is 27.5 Å². The van der Waals surface area contributed by atoms with Gasteiger partial charge in [0.05, 0.1) is 17.9 Å². The maximum absolute atomic E-state index is 11.8. The number of sulfonamides is 1. The second-order valence-electron chi connectivity index (χ2n) is 3.90. The van der Waals surface area contributed by atoms with Gasteiger partial charge in [-0.15, -0.1) is 0 Å². The molecule has 0 aliphatic rings. The Bertz CT molecular complexity index is 586. The van der Waals surface area contributed by atoms with E-state index < -0.39 is 41.7 Å². The number of nitrogens with one attached hydrogen (secondary N) is 1. The lowest BCUT2D eigenvalue weighted by atomic mass is 10.4. The van der Waals surface area contributed by atoms with Crippen molar-refractivity contribution in [2.24, 2.45) is 0 Å². The van der Waals surface area contributed by atoms with Crippen LogP contribution < -0.4 is 4.72 Å². The highest BCUT2D eigenvalue weighted by molar-refractivity contribution is 7.90. The van der Waals surface area contributed by atoms with Gasteiger partial charge in [-0.05, 0) is 24.3 Å². The summed E-state index contributed by atoms with van der Waals surface area (Å²) in [6.07, 6.45) is -5.01. The third-order valence-electron chi connectivity index (χ3n) is 2.11. The smallest absolute Gasteiger partial charge is 0.372 e. The van der Waals surface area contributed by atoms with E-state index in [-0.39, 0.29) is 4.90 Å². The van der Waals surface area contributed by atoms with Crippen molar-refractivity contribution in [1.82, 2.24) is 4.72 Å². The Morgan fingerprint density at radius 3 is 2.33 bits per heavy atom. The minimum Gasteiger partial charge on any atom is -0.372 e. The predicted octanol–water partition coefficient (Wildman–Crippen LogP) is 2.11. The zero-order valence-corrected chi connectivity index (χ0v) is 12.1. The van der Waals surface area contributed by atoms with Crippen LogP contribution in [0.1, 0.15) is 6.42 Å². The van der Waals surface area contributed by atoms with Crippen LogP contribution in [0.15, 0.2) is 29.2 Å². The Morgan fingerprint density at radius 1 is 1.24 bits per heavy atom. The normalized spacial score (nSPS) is 12.2. The summed E-state index contributed by atoms with van der Waals surface area (Å²) in [6, 6.07) is 5.04. The molecule has 1 amide bonds. The van der Waals surface area contributed by atoms with Gasteiger partial charge >= 0.3 is 6.18 Å². The summed E-state index contributed by atoms with van der Waals surface area (Å²) in [7, 11) is -4.08. The van der Waals surface area contributed by atoms with Crippen molar-refractivity contribution in [1.29, 1.82) is 0 Å². The van der Waals surface area contributed by atoms with Gasteiger partial charge in [-0.3, -0.25) is 4.79 Å². The van der Waals surface area contributed by atoms with E-state index in [0.29, 0.717) is 5.02 Å². The molecular weight excluding hydrogens is 335 g/mol. The van der Waals surface area contributed by atoms with Crippen molar-refractivity contribution < 1.29 is 31.1 Å². The molecule has 0 radical (unpaired) electrons. The molecule has 5 nitrogen and oxygen atoms in total. The summed E-state index contributed by atoms with van der Waals surface area (Å²) < 4.78 is 64.7. The lowest BCUT2D eigenvalue weighted by molar-refractivity contribution is -0.174. The number of hydrogen-bond donors (Lipinski definition) is 1. The van der Waals surface area contributed by atoms with Crippen molar-refractivity contribution in [3.8, 4) is 0 Å². The van der Waals surface area contributed by atoms with Gasteiger partial charge in [-0.2, -0.15) is 13.2 Å². The molecule has 0 aliphatic heterocycles. The molecule has 118 valence electrons. The molecule has 0 aliphatic carbocycles. The molecule has 0 heterocycles. The van der Waals surface area contributed by atoms with Gasteiger partial charge in [0.15, 0.2) is 0 Å². The highest BCUT2D eigenvalue weighted by Gasteiger charge is 2.27. The first kappa shape index (κ1) is 17.7. The molecule has 1 aromatic rings. The first-order valence-corrected chi connectivity index (χ1v) is 7.42. The fraction of sp³-hybridized carbons (Fsp3) is 0.364. The molecular formula is C11H11ClF3NO4S. The van der Waals surface area contributed by atoms with Crippen LogP contribution in [0.4, 0.5) is 13.2 Å². The molecule has 0 atom stereocenters. The number of amides is 1. The summed E-state index contributed by atoms with van der Waals surface area (Å²) >= 11 is 5.60. The van der Waals surface area contributed by atoms with E-state index in [1.165, 1.54) is 24.3 Å². The predicted molar refractivity (Wildman–Crippen MR) is 68.3 cm³/mol. The quantitative estimate of drug-likeness (QED) is 0.802. The van der Waals surface area contributed by atoms with E-state index >= 15 is 0 Å². The van der Waals surface area contributed by atoms with Crippen LogP contribution in [-0.2, 0) is 19.6 Å². The summed E-state index contributed by atoms with van der Waals surface area (Å²) in [4.78, 5) is 11.2. The third-order valence-corrected chi connectivity index (χ3v) is 3.75. The molecule has 0 fully saturated rings. The molecule has 0 bridgehead atoms. The molecule has 0 spiro atoms. The SMILES string of the molecule is O=C(CCOCC(F)(F)F)NS(=O)(=O)c1ccc(Cl)cc1. The summed E-state index contributed by atoms with van der Waals surface area (Å²) in [6.45, 7) is -2.04. The van der Waals surface area contributed by atoms with Crippen LogP contribution in [0.3, 0.4) is 0 Å². The highest BCUT2D eigenvalue weighted by Crippen LogP contribution is 2.15. The Morgan fingerprint density at radius 2 is 1.81 bits per heavy atom. The molecule has 1 rings (SSSR count). The standard InChI is InChI=1S/C11H11ClF3NO4S/c12-8-1-3-9(4-2-8)21(18,19)16-10(17)5-6-20-7-11(13,14)15/h1-4H,5-7H2,(H,16,17). The Balaban J connectivity index is 2.48. The number of benzene rings is 1. The highest BCUT2D eigenvalue weighted by atomic mass is 35.5. The summed E-state index contributed by atoms with van der Waals surface area (Å²) in [5, 5.41) is 0.320. The van der Waals surface area contributed by atoms with Crippen LogP contribution in [0.5, 0.6) is 0 Å². The fourth-order valence-electron chi connectivity index (χ4n) is 1.23. The van der Waals surface area contributed by atoms with Crippen LogP contribution in [-0.4, -0.2) is 33.7 Å². The van der Waals surface area contributed by atoms with E-state index in [9.17, 15) is 26.4 Å². The van der Waals surface area contributed by atoms with Crippen molar-refractivity contribution in [3.63, 3.8) is 0 Å². The van der Waals surface area contributed by atoms with Gasteiger partial charge in [0.2, 0.25) is 5.91 Å². The summed E-state index contributed by atoms with van der Waals surface area (Å²) in [5.74, 6) is -0.966. The molecule has 1 N–H and O–H groups in total. The largest absolute Gasteiger partial charge is 0.411 e. The van der Waals surface area contributed by atoms with Gasteiger partial charge in [0.1, 0.15) is 6.61 Å². The zero-order valence-electron chi connectivity index (χ0n) is 10.5. The van der Waals surface area contributed by atoms with Crippen LogP contribution in [0, 0.1) is 0 Å². The number of alkyl halides is 3. The van der Waals surface area contributed by atoms with Gasteiger partial charge in [-0.1, -0.05) is 11.6 Å². The maximum atomic E-state index is 11.8. The fourth-order valence-corrected chi connectivity index (χ4v) is 2.37. The van der Waals surface area contributed by atoms with Gasteiger partial charge in [0.25, 0.3) is 10.0 Å². The lowest BCUT2D eigenvalue weighted by Crippen LogP contribution is -2.31. The Labute approximate surface area is 124 Å². The topological polar surface area (TPSA) is 72.5 Å². The Hall–Kier alpha value is -1.32. The first-order valence-electron chi connectivity index (χ1n) is 5.56. The van der Waals surface area contributed by atoms with Gasteiger partial charge in [-0.25, -0.2) is 13.1 Å². The number of rotatable bonds is 6. The third kappa shape index (κ3) is 6.78. The minimum absolute atomic E-state index is 0.184. The number of ether oxygens (including phenoxy) is 1. The van der Waals surface area contributed by atoms with Crippen molar-refractivity contribution in [2.45, 2.75) is 17.5 Å². The first-order chi connectivity index (χ1) is 9.60. The zero-order chi connectivity index (χ0) is 16.1. The molecule has 21 heavy (non-hydrogen) atoms. The monoisotopic (exact) mass is 345 g/mol. The van der Waals surface area contributed by atoms with E-state index in [4.69, 9.17) is 11.6 Å². The second-order valence-corrected chi connectivity index (χ2v) is 6.02. The lowest BCUT2D eigenvalue weighted by Gasteiger charge is -2.09. The molecule has 0 unspecified atom stereocenters. The molecule has 0 saturated heterocycles. The molecule has 1 aromatic carbocycles. The van der Waals surface area contributed by atoms with Crippen molar-refractivity contribution in [3.05, 3.63) is 29.3 Å².